The number of hydrogen-bond donors (Lipinski definition) is 3. The molecule has 0 spiro atoms. The summed E-state index contributed by atoms with van der Waals surface area (Å²) in [4.78, 5) is 0. The third kappa shape index (κ3) is 4.60. The van der Waals surface area contributed by atoms with Crippen molar-refractivity contribution in [3.05, 3.63) is 59.4 Å². The molecule has 0 saturated heterocycles. The number of hydrogen-bond acceptors (Lipinski definition) is 3. The predicted molar refractivity (Wildman–Crippen MR) is 71.9 cm³/mol. The Hall–Kier alpha value is -2.44. The lowest BCUT2D eigenvalue weighted by Gasteiger charge is -1.96. The maximum atomic E-state index is 9.22. The van der Waals surface area contributed by atoms with Gasteiger partial charge in [-0.2, -0.15) is 0 Å². The van der Waals surface area contributed by atoms with Crippen LogP contribution in [0, 0.1) is 12.3 Å². The lowest BCUT2D eigenvalue weighted by atomic mass is 10.1. The highest BCUT2D eigenvalue weighted by atomic mass is 16.3. The van der Waals surface area contributed by atoms with E-state index in [9.17, 15) is 5.11 Å². The number of rotatable bonds is 4. The molecule has 3 nitrogen and oxygen atoms in total. The maximum absolute atomic E-state index is 9.22. The van der Waals surface area contributed by atoms with Crippen molar-refractivity contribution in [1.29, 1.82) is 0 Å². The molecule has 3 N–H and O–H groups in total. The molecule has 0 heterocycles. The van der Waals surface area contributed by atoms with Crippen LogP contribution < -0.4 is 0 Å². The Morgan fingerprint density at radius 3 is 2.50 bits per heavy atom. The summed E-state index contributed by atoms with van der Waals surface area (Å²) in [6.45, 7) is -0.149. The lowest BCUT2D eigenvalue weighted by molar-refractivity contribution is 0.342. The van der Waals surface area contributed by atoms with Crippen molar-refractivity contribution in [3.63, 3.8) is 0 Å². The van der Waals surface area contributed by atoms with E-state index in [1.165, 1.54) is 12.2 Å². The first kappa shape index (κ1) is 13.6. The number of phenols is 1. The first-order chi connectivity index (χ1) is 8.65. The quantitative estimate of drug-likeness (QED) is 0.431. The number of benzene rings is 1. The highest BCUT2D eigenvalue weighted by Gasteiger charge is 1.92. The van der Waals surface area contributed by atoms with Crippen molar-refractivity contribution < 1.29 is 15.3 Å². The first-order valence-electron chi connectivity index (χ1n) is 5.31. The molecule has 0 bridgehead atoms. The van der Waals surface area contributed by atoms with Gasteiger partial charge in [-0.15, -0.1) is 6.42 Å². The van der Waals surface area contributed by atoms with Crippen LogP contribution in [0.2, 0.25) is 0 Å². The Balaban J connectivity index is 2.88. The molecule has 92 valence electrons. The van der Waals surface area contributed by atoms with Crippen LogP contribution in [0.4, 0.5) is 0 Å². The van der Waals surface area contributed by atoms with Gasteiger partial charge in [0.1, 0.15) is 5.75 Å². The zero-order chi connectivity index (χ0) is 13.4. The first-order valence-corrected chi connectivity index (χ1v) is 5.31. The van der Waals surface area contributed by atoms with E-state index in [1.54, 1.807) is 36.4 Å². The smallest absolute Gasteiger partial charge is 0.167 e. The lowest BCUT2D eigenvalue weighted by Crippen LogP contribution is -1.82. The molecule has 0 radical (unpaired) electrons. The van der Waals surface area contributed by atoms with E-state index in [1.807, 2.05) is 0 Å². The van der Waals surface area contributed by atoms with E-state index < -0.39 is 0 Å². The fraction of sp³-hybridized carbons (Fsp3) is 0.0667. The average molecular weight is 242 g/mol. The Morgan fingerprint density at radius 2 is 1.94 bits per heavy atom. The van der Waals surface area contributed by atoms with Crippen molar-refractivity contribution in [1.82, 2.24) is 0 Å². The standard InChI is InChI=1S/C15H14O3/c1-2-14(17)11-13(9-10-16)4-3-12-5-7-15(18)8-6-12/h1,3-9,11,16-18H,10H2/b4-3+,13-9-,14-11+. The molecule has 1 rings (SSSR count). The summed E-state index contributed by atoms with van der Waals surface area (Å²) in [6.07, 6.45) is 11.4. The molecule has 0 unspecified atom stereocenters. The number of aromatic hydroxyl groups is 1. The van der Waals surface area contributed by atoms with Crippen LogP contribution in [0.5, 0.6) is 5.75 Å². The molecule has 0 amide bonds. The molecule has 0 aromatic heterocycles. The third-order valence-corrected chi connectivity index (χ3v) is 2.14. The summed E-state index contributed by atoms with van der Waals surface area (Å²) < 4.78 is 0. The number of phenolic OH excluding ortho intramolecular Hbond substituents is 1. The van der Waals surface area contributed by atoms with E-state index in [-0.39, 0.29) is 18.1 Å². The summed E-state index contributed by atoms with van der Waals surface area (Å²) in [5, 5.41) is 27.2. The van der Waals surface area contributed by atoms with Gasteiger partial charge in [-0.25, -0.2) is 0 Å². The van der Waals surface area contributed by atoms with Crippen molar-refractivity contribution in [2.45, 2.75) is 0 Å². The van der Waals surface area contributed by atoms with Gasteiger partial charge in [-0.3, -0.25) is 0 Å². The molecule has 0 saturated carbocycles. The van der Waals surface area contributed by atoms with Gasteiger partial charge in [-0.05, 0) is 35.3 Å². The number of aliphatic hydroxyl groups is 2. The fourth-order valence-electron chi connectivity index (χ4n) is 1.26. The molecule has 1 aromatic carbocycles. The van der Waals surface area contributed by atoms with Crippen LogP contribution in [0.1, 0.15) is 5.56 Å². The normalized spacial score (nSPS) is 12.7. The highest BCUT2D eigenvalue weighted by Crippen LogP contribution is 2.12. The average Bonchev–Trinajstić information content (AvgIpc) is 2.38. The van der Waals surface area contributed by atoms with Gasteiger partial charge >= 0.3 is 0 Å². The molecule has 0 aliphatic rings. The van der Waals surface area contributed by atoms with Crippen molar-refractivity contribution in [3.8, 4) is 18.1 Å². The monoisotopic (exact) mass is 242 g/mol. The summed E-state index contributed by atoms with van der Waals surface area (Å²) in [6, 6.07) is 6.63. The third-order valence-electron chi connectivity index (χ3n) is 2.14. The van der Waals surface area contributed by atoms with Crippen LogP contribution in [-0.4, -0.2) is 21.9 Å². The largest absolute Gasteiger partial charge is 0.508 e. The van der Waals surface area contributed by atoms with Crippen LogP contribution in [0.25, 0.3) is 6.08 Å². The molecule has 0 aliphatic heterocycles. The van der Waals surface area contributed by atoms with E-state index in [0.717, 1.165) is 5.56 Å². The van der Waals surface area contributed by atoms with Crippen LogP contribution in [0.15, 0.2) is 53.8 Å². The van der Waals surface area contributed by atoms with Gasteiger partial charge in [0.2, 0.25) is 0 Å². The van der Waals surface area contributed by atoms with Crippen molar-refractivity contribution >= 4 is 6.08 Å². The van der Waals surface area contributed by atoms with E-state index >= 15 is 0 Å². The minimum Gasteiger partial charge on any atom is -0.508 e. The topological polar surface area (TPSA) is 60.7 Å². The van der Waals surface area contributed by atoms with E-state index in [0.29, 0.717) is 5.57 Å². The van der Waals surface area contributed by atoms with Gasteiger partial charge in [0, 0.05) is 0 Å². The Morgan fingerprint density at radius 1 is 1.28 bits per heavy atom. The van der Waals surface area contributed by atoms with Crippen LogP contribution >= 0.6 is 0 Å². The van der Waals surface area contributed by atoms with Crippen molar-refractivity contribution in [2.24, 2.45) is 0 Å². The van der Waals surface area contributed by atoms with Gasteiger partial charge in [0.25, 0.3) is 0 Å². The van der Waals surface area contributed by atoms with Crippen molar-refractivity contribution in [2.75, 3.05) is 6.61 Å². The fourth-order valence-corrected chi connectivity index (χ4v) is 1.26. The Kier molecular flexibility index (Phi) is 5.30. The second kappa shape index (κ2) is 7.00. The second-order valence-corrected chi connectivity index (χ2v) is 3.49. The van der Waals surface area contributed by atoms with Crippen LogP contribution in [0.3, 0.4) is 0 Å². The molecule has 0 fully saturated rings. The molecule has 1 aromatic rings. The molecule has 3 heteroatoms. The van der Waals surface area contributed by atoms with Gasteiger partial charge in [0.05, 0.1) is 6.61 Å². The zero-order valence-corrected chi connectivity index (χ0v) is 9.74. The SMILES string of the molecule is C#C\C(O)=C/C(=C\CO)/C=C/c1ccc(O)cc1. The molecule has 0 atom stereocenters. The van der Waals surface area contributed by atoms with Crippen LogP contribution in [-0.2, 0) is 0 Å². The zero-order valence-electron chi connectivity index (χ0n) is 9.74. The minimum atomic E-state index is -0.204. The minimum absolute atomic E-state index is 0.149. The van der Waals surface area contributed by atoms with Gasteiger partial charge < -0.3 is 15.3 Å². The second-order valence-electron chi connectivity index (χ2n) is 3.49. The molecule has 18 heavy (non-hydrogen) atoms. The summed E-state index contributed by atoms with van der Waals surface area (Å²) in [5.74, 6) is 2.08. The predicted octanol–water partition coefficient (Wildman–Crippen LogP) is 2.40. The Labute approximate surface area is 106 Å². The number of aliphatic hydroxyl groups excluding tert-OH is 2. The maximum Gasteiger partial charge on any atom is 0.167 e. The summed E-state index contributed by atoms with van der Waals surface area (Å²) in [7, 11) is 0. The number of allylic oxidation sites excluding steroid dienone is 4. The Bertz CT molecular complexity index is 514. The van der Waals surface area contributed by atoms with Gasteiger partial charge in [0.15, 0.2) is 5.76 Å². The van der Waals surface area contributed by atoms with Gasteiger partial charge in [-0.1, -0.05) is 30.4 Å². The molecular formula is C15H14O3. The molecule has 0 aliphatic carbocycles. The highest BCUT2D eigenvalue weighted by molar-refractivity contribution is 5.56. The molecular weight excluding hydrogens is 228 g/mol. The number of terminal acetylenes is 1. The van der Waals surface area contributed by atoms with E-state index in [2.05, 4.69) is 5.92 Å². The summed E-state index contributed by atoms with van der Waals surface area (Å²) in [5.41, 5.74) is 1.48. The summed E-state index contributed by atoms with van der Waals surface area (Å²) >= 11 is 0. The van der Waals surface area contributed by atoms with E-state index in [4.69, 9.17) is 16.6 Å².